The van der Waals surface area contributed by atoms with Crippen molar-refractivity contribution in [2.75, 3.05) is 7.05 Å². The van der Waals surface area contributed by atoms with Crippen molar-refractivity contribution < 1.29 is 0 Å². The summed E-state index contributed by atoms with van der Waals surface area (Å²) in [5.74, 6) is 0. The first-order chi connectivity index (χ1) is 5.27. The number of nitrogens with zero attached hydrogens (tertiary/aromatic N) is 2. The molecule has 1 rings (SSSR count). The van der Waals surface area contributed by atoms with Gasteiger partial charge in [0.25, 0.3) is 0 Å². The van der Waals surface area contributed by atoms with E-state index >= 15 is 0 Å². The molecule has 0 aliphatic heterocycles. The van der Waals surface area contributed by atoms with E-state index in [1.54, 1.807) is 0 Å². The molecule has 1 N–H and O–H groups in total. The third kappa shape index (κ3) is 1.80. The summed E-state index contributed by atoms with van der Waals surface area (Å²) in [4.78, 5) is 0. The number of hydrogen-bond acceptors (Lipinski definition) is 2. The predicted octanol–water partition coefficient (Wildman–Crippen LogP) is 0.702. The Balaban J connectivity index is 2.79. The smallest absolute Gasteiger partial charge is 0.0625 e. The van der Waals surface area contributed by atoms with Crippen LogP contribution in [0.15, 0.2) is 6.07 Å². The minimum Gasteiger partial charge on any atom is -0.314 e. The van der Waals surface area contributed by atoms with E-state index in [1.807, 2.05) is 18.8 Å². The molecule has 0 unspecified atom stereocenters. The van der Waals surface area contributed by atoms with Gasteiger partial charge < -0.3 is 5.32 Å². The average molecular weight is 153 g/mol. The minimum absolute atomic E-state index is 0.892. The van der Waals surface area contributed by atoms with Gasteiger partial charge >= 0.3 is 0 Å². The summed E-state index contributed by atoms with van der Waals surface area (Å²) in [6.07, 6.45) is 1.01. The first-order valence-electron chi connectivity index (χ1n) is 3.94. The highest BCUT2D eigenvalue weighted by Crippen LogP contribution is 2.02. The van der Waals surface area contributed by atoms with Gasteiger partial charge in [0.1, 0.15) is 0 Å². The largest absolute Gasteiger partial charge is 0.314 e. The monoisotopic (exact) mass is 153 g/mol. The second-order valence-electron chi connectivity index (χ2n) is 2.63. The molecule has 0 spiro atoms. The lowest BCUT2D eigenvalue weighted by Gasteiger charge is -1.97. The van der Waals surface area contributed by atoms with E-state index in [0.717, 1.165) is 18.7 Å². The van der Waals surface area contributed by atoms with Crippen LogP contribution in [0.5, 0.6) is 0 Å². The van der Waals surface area contributed by atoms with E-state index in [9.17, 15) is 0 Å². The lowest BCUT2D eigenvalue weighted by atomic mass is 10.3. The number of nitrogens with one attached hydrogen (secondary N) is 1. The lowest BCUT2D eigenvalue weighted by molar-refractivity contribution is 0.665. The molecule has 0 radical (unpaired) electrons. The van der Waals surface area contributed by atoms with Crippen LogP contribution >= 0.6 is 0 Å². The molecule has 1 heterocycles. The van der Waals surface area contributed by atoms with E-state index < -0.39 is 0 Å². The van der Waals surface area contributed by atoms with Crippen LogP contribution in [0, 0.1) is 0 Å². The van der Waals surface area contributed by atoms with Crippen LogP contribution in [-0.4, -0.2) is 16.8 Å². The molecule has 3 nitrogen and oxygen atoms in total. The third-order valence-electron chi connectivity index (χ3n) is 1.75. The summed E-state index contributed by atoms with van der Waals surface area (Å²) < 4.78 is 1.93. The van der Waals surface area contributed by atoms with Crippen LogP contribution < -0.4 is 5.32 Å². The zero-order valence-corrected chi connectivity index (χ0v) is 7.39. The number of hydrogen-bond donors (Lipinski definition) is 1. The van der Waals surface area contributed by atoms with Crippen molar-refractivity contribution in [1.82, 2.24) is 15.1 Å². The highest BCUT2D eigenvalue weighted by molar-refractivity contribution is 5.09. The maximum atomic E-state index is 4.32. The first kappa shape index (κ1) is 8.27. The Morgan fingerprint density at radius 1 is 1.64 bits per heavy atom. The fourth-order valence-electron chi connectivity index (χ4n) is 1.09. The van der Waals surface area contributed by atoms with Crippen molar-refractivity contribution in [3.8, 4) is 0 Å². The Kier molecular flexibility index (Phi) is 2.65. The molecule has 0 aromatic carbocycles. The molecule has 1 aromatic heterocycles. The zero-order chi connectivity index (χ0) is 8.27. The van der Waals surface area contributed by atoms with E-state index in [1.165, 1.54) is 5.69 Å². The maximum Gasteiger partial charge on any atom is 0.0625 e. The molecule has 0 fully saturated rings. The molecule has 0 atom stereocenters. The van der Waals surface area contributed by atoms with Crippen molar-refractivity contribution in [3.05, 3.63) is 17.5 Å². The Morgan fingerprint density at radius 2 is 2.36 bits per heavy atom. The summed E-state index contributed by atoms with van der Waals surface area (Å²) in [5.41, 5.74) is 2.40. The molecule has 0 amide bonds. The summed E-state index contributed by atoms with van der Waals surface area (Å²) in [7, 11) is 3.92. The van der Waals surface area contributed by atoms with Crippen LogP contribution in [0.1, 0.15) is 18.3 Å². The Labute approximate surface area is 67.4 Å². The van der Waals surface area contributed by atoms with E-state index in [4.69, 9.17) is 0 Å². The van der Waals surface area contributed by atoms with Gasteiger partial charge in [-0.2, -0.15) is 5.10 Å². The molecule has 0 saturated carbocycles. The van der Waals surface area contributed by atoms with Crippen LogP contribution in [-0.2, 0) is 20.0 Å². The van der Waals surface area contributed by atoms with E-state index in [2.05, 4.69) is 23.4 Å². The van der Waals surface area contributed by atoms with Crippen molar-refractivity contribution in [2.45, 2.75) is 19.9 Å². The van der Waals surface area contributed by atoms with Gasteiger partial charge in [-0.1, -0.05) is 6.92 Å². The van der Waals surface area contributed by atoms with Crippen molar-refractivity contribution in [3.63, 3.8) is 0 Å². The standard InChI is InChI=1S/C8H15N3/c1-4-7-5-8(6-9-2)11(3)10-7/h5,9H,4,6H2,1-3H3. The van der Waals surface area contributed by atoms with Gasteiger partial charge in [0.15, 0.2) is 0 Å². The average Bonchev–Trinajstić information content (AvgIpc) is 2.33. The molecule has 0 aliphatic carbocycles. The Hall–Kier alpha value is -0.830. The molecule has 1 aromatic rings. The Bertz CT molecular complexity index is 227. The number of aromatic nitrogens is 2. The minimum atomic E-state index is 0.892. The topological polar surface area (TPSA) is 29.9 Å². The maximum absolute atomic E-state index is 4.32. The molecular formula is C8H15N3. The fraction of sp³-hybridized carbons (Fsp3) is 0.625. The normalized spacial score (nSPS) is 10.5. The summed E-state index contributed by atoms with van der Waals surface area (Å²) >= 11 is 0. The predicted molar refractivity (Wildman–Crippen MR) is 45.3 cm³/mol. The van der Waals surface area contributed by atoms with Gasteiger partial charge in [0.05, 0.1) is 11.4 Å². The van der Waals surface area contributed by atoms with Crippen LogP contribution in [0.3, 0.4) is 0 Å². The van der Waals surface area contributed by atoms with Crippen LogP contribution in [0.25, 0.3) is 0 Å². The quantitative estimate of drug-likeness (QED) is 0.692. The highest BCUT2D eigenvalue weighted by Gasteiger charge is 2.00. The molecule has 62 valence electrons. The molecule has 0 bridgehead atoms. The van der Waals surface area contributed by atoms with Gasteiger partial charge in [-0.15, -0.1) is 0 Å². The van der Waals surface area contributed by atoms with Gasteiger partial charge in [0, 0.05) is 13.6 Å². The number of rotatable bonds is 3. The van der Waals surface area contributed by atoms with Crippen molar-refractivity contribution in [1.29, 1.82) is 0 Å². The van der Waals surface area contributed by atoms with Gasteiger partial charge in [-0.05, 0) is 19.5 Å². The number of aryl methyl sites for hydroxylation is 2. The van der Waals surface area contributed by atoms with Crippen molar-refractivity contribution >= 4 is 0 Å². The van der Waals surface area contributed by atoms with Crippen LogP contribution in [0.4, 0.5) is 0 Å². The molecule has 0 saturated heterocycles. The first-order valence-corrected chi connectivity index (χ1v) is 3.94. The lowest BCUT2D eigenvalue weighted by Crippen LogP contribution is -2.09. The summed E-state index contributed by atoms with van der Waals surface area (Å²) in [6.45, 7) is 3.01. The third-order valence-corrected chi connectivity index (χ3v) is 1.75. The van der Waals surface area contributed by atoms with Crippen molar-refractivity contribution in [2.24, 2.45) is 7.05 Å². The molecule has 3 heteroatoms. The second kappa shape index (κ2) is 3.53. The SMILES string of the molecule is CCc1cc(CNC)n(C)n1. The molecule has 0 aliphatic rings. The molecular weight excluding hydrogens is 138 g/mol. The molecule has 11 heavy (non-hydrogen) atoms. The van der Waals surface area contributed by atoms with Gasteiger partial charge in [-0.3, -0.25) is 4.68 Å². The second-order valence-corrected chi connectivity index (χ2v) is 2.63. The zero-order valence-electron chi connectivity index (χ0n) is 7.39. The van der Waals surface area contributed by atoms with Crippen LogP contribution in [0.2, 0.25) is 0 Å². The summed E-state index contributed by atoms with van der Waals surface area (Å²) in [5, 5.41) is 7.43. The van der Waals surface area contributed by atoms with Gasteiger partial charge in [-0.25, -0.2) is 0 Å². The summed E-state index contributed by atoms with van der Waals surface area (Å²) in [6, 6.07) is 2.14. The van der Waals surface area contributed by atoms with E-state index in [-0.39, 0.29) is 0 Å². The Morgan fingerprint density at radius 3 is 2.82 bits per heavy atom. The highest BCUT2D eigenvalue weighted by atomic mass is 15.3. The fourth-order valence-corrected chi connectivity index (χ4v) is 1.09. The van der Waals surface area contributed by atoms with E-state index in [0.29, 0.717) is 0 Å². The van der Waals surface area contributed by atoms with Gasteiger partial charge in [0.2, 0.25) is 0 Å².